The Morgan fingerprint density at radius 3 is 2.60 bits per heavy atom. The van der Waals surface area contributed by atoms with Crippen LogP contribution < -0.4 is 10.6 Å². The molecule has 226 valence electrons. The number of H-pyrrole nitrogens is 1. The van der Waals surface area contributed by atoms with Gasteiger partial charge in [-0.05, 0) is 38.5 Å². The second kappa shape index (κ2) is 10.7. The van der Waals surface area contributed by atoms with Crippen molar-refractivity contribution >= 4 is 45.3 Å². The number of alkyl halides is 3. The van der Waals surface area contributed by atoms with E-state index in [-0.39, 0.29) is 54.5 Å². The van der Waals surface area contributed by atoms with Crippen LogP contribution in [-0.2, 0) is 15.7 Å². The number of halogens is 3. The lowest BCUT2D eigenvalue weighted by molar-refractivity contribution is -0.137. The van der Waals surface area contributed by atoms with Gasteiger partial charge in [0.1, 0.15) is 5.82 Å². The molecule has 2 aromatic heterocycles. The molecule has 1 fully saturated rings. The van der Waals surface area contributed by atoms with Gasteiger partial charge in [-0.1, -0.05) is 18.7 Å². The minimum atomic E-state index is -4.72. The van der Waals surface area contributed by atoms with Crippen LogP contribution in [0.2, 0.25) is 0 Å². The number of hydrogen-bond donors (Lipinski definition) is 1. The number of piperazine rings is 1. The Balaban J connectivity index is 1.69. The maximum atomic E-state index is 15.1. The van der Waals surface area contributed by atoms with Gasteiger partial charge in [-0.25, -0.2) is 4.79 Å². The van der Waals surface area contributed by atoms with Crippen molar-refractivity contribution in [2.45, 2.75) is 50.0 Å². The third-order valence-corrected chi connectivity index (χ3v) is 9.56. The summed E-state index contributed by atoms with van der Waals surface area (Å²) in [7, 11) is 1.53. The number of anilines is 1. The van der Waals surface area contributed by atoms with Gasteiger partial charge in [-0.15, -0.1) is 11.8 Å². The molecule has 1 amide bonds. The maximum Gasteiger partial charge on any atom is 0.417 e. The molecule has 6 rings (SSSR count). The maximum absolute atomic E-state index is 15.1. The van der Waals surface area contributed by atoms with E-state index in [1.165, 1.54) is 29.5 Å². The Morgan fingerprint density at radius 1 is 1.23 bits per heavy atom. The number of carbonyl (C=O) groups is 1. The van der Waals surface area contributed by atoms with Crippen LogP contribution in [0.25, 0.3) is 32.9 Å². The van der Waals surface area contributed by atoms with Crippen molar-refractivity contribution in [3.63, 3.8) is 0 Å². The third-order valence-electron chi connectivity index (χ3n) is 8.32. The van der Waals surface area contributed by atoms with E-state index in [0.29, 0.717) is 38.2 Å². The number of carbonyl (C=O) groups excluding carboxylic acids is 1. The lowest BCUT2D eigenvalue weighted by Crippen LogP contribution is -2.58. The van der Waals surface area contributed by atoms with Gasteiger partial charge in [0, 0.05) is 64.8 Å². The van der Waals surface area contributed by atoms with Crippen LogP contribution in [0.4, 0.5) is 19.0 Å². The molecule has 9 nitrogen and oxygen atoms in total. The fourth-order valence-electron chi connectivity index (χ4n) is 6.59. The molecule has 0 bridgehead atoms. The molecule has 13 heteroatoms. The lowest BCUT2D eigenvalue weighted by atomic mass is 9.91. The molecule has 0 aliphatic carbocycles. The second-order valence-electron chi connectivity index (χ2n) is 11.2. The summed E-state index contributed by atoms with van der Waals surface area (Å²) >= 11 is 1.29. The molecule has 1 saturated heterocycles. The molecule has 2 aliphatic rings. The quantitative estimate of drug-likeness (QED) is 0.311. The lowest BCUT2D eigenvalue weighted by Gasteiger charge is -2.45. The average Bonchev–Trinajstić information content (AvgIpc) is 3.43. The first-order chi connectivity index (χ1) is 20.5. The highest BCUT2D eigenvalue weighted by atomic mass is 32.2. The predicted octanol–water partition coefficient (Wildman–Crippen LogP) is 5.17. The summed E-state index contributed by atoms with van der Waals surface area (Å²) in [5.41, 5.74) is 0.582. The van der Waals surface area contributed by atoms with Gasteiger partial charge in [-0.3, -0.25) is 14.5 Å². The minimum Gasteiger partial charge on any atom is -0.383 e. The summed E-state index contributed by atoms with van der Waals surface area (Å²) in [6.45, 7) is 9.86. The number of rotatable bonds is 5. The first kappa shape index (κ1) is 29.2. The number of fused-ring (bicyclic) bond motifs is 1. The molecule has 0 radical (unpaired) electrons. The van der Waals surface area contributed by atoms with E-state index in [1.807, 2.05) is 24.8 Å². The van der Waals surface area contributed by atoms with Gasteiger partial charge in [0.25, 0.3) is 0 Å². The number of benzene rings is 2. The molecule has 1 unspecified atom stereocenters. The van der Waals surface area contributed by atoms with E-state index >= 15 is 13.2 Å². The fraction of sp³-hybridized carbons (Fsp3) is 0.400. The summed E-state index contributed by atoms with van der Waals surface area (Å²) in [4.78, 5) is 34.6. The Hall–Kier alpha value is -3.84. The molecule has 2 aliphatic heterocycles. The van der Waals surface area contributed by atoms with Crippen molar-refractivity contribution in [1.82, 2.24) is 24.6 Å². The zero-order valence-corrected chi connectivity index (χ0v) is 25.0. The smallest absolute Gasteiger partial charge is 0.383 e. The van der Waals surface area contributed by atoms with Crippen LogP contribution in [0.3, 0.4) is 0 Å². The van der Waals surface area contributed by atoms with Crippen LogP contribution >= 0.6 is 11.8 Å². The summed E-state index contributed by atoms with van der Waals surface area (Å²) in [5, 5.41) is 7.91. The number of nitrogens with zero attached hydrogens (tertiary/aromatic N) is 5. The minimum absolute atomic E-state index is 0.0154. The van der Waals surface area contributed by atoms with E-state index in [1.54, 1.807) is 24.1 Å². The number of methoxy groups -OCH3 is 1. The molecule has 0 spiro atoms. The van der Waals surface area contributed by atoms with Gasteiger partial charge in [0.2, 0.25) is 5.91 Å². The molecule has 43 heavy (non-hydrogen) atoms. The van der Waals surface area contributed by atoms with E-state index < -0.39 is 23.5 Å². The van der Waals surface area contributed by atoms with Crippen LogP contribution in [0.15, 0.2) is 46.7 Å². The third kappa shape index (κ3) is 4.69. The van der Waals surface area contributed by atoms with E-state index in [9.17, 15) is 9.59 Å². The predicted molar refractivity (Wildman–Crippen MR) is 161 cm³/mol. The van der Waals surface area contributed by atoms with Crippen LogP contribution in [0, 0.1) is 6.92 Å². The molecule has 2 aromatic carbocycles. The number of aryl methyl sites for hydroxylation is 1. The van der Waals surface area contributed by atoms with Gasteiger partial charge in [0.05, 0.1) is 35.4 Å². The molecule has 4 aromatic rings. The van der Waals surface area contributed by atoms with Gasteiger partial charge in [0.15, 0.2) is 0 Å². The van der Waals surface area contributed by atoms with Crippen molar-refractivity contribution in [2.24, 2.45) is 0 Å². The molecule has 4 heterocycles. The molecule has 1 N–H and O–H groups in total. The summed E-state index contributed by atoms with van der Waals surface area (Å²) in [6, 6.07) is 3.72. The highest BCUT2D eigenvalue weighted by Crippen LogP contribution is 2.51. The number of aromatic nitrogens is 4. The Morgan fingerprint density at radius 2 is 1.95 bits per heavy atom. The first-order valence-corrected chi connectivity index (χ1v) is 14.9. The van der Waals surface area contributed by atoms with Crippen molar-refractivity contribution in [2.75, 3.05) is 37.5 Å². The summed E-state index contributed by atoms with van der Waals surface area (Å²) < 4.78 is 52.2. The molecule has 3 atom stereocenters. The Labute approximate surface area is 249 Å². The van der Waals surface area contributed by atoms with Crippen molar-refractivity contribution in [1.29, 1.82) is 0 Å². The topological polar surface area (TPSA) is 96.4 Å². The Kier molecular flexibility index (Phi) is 7.28. The highest BCUT2D eigenvalue weighted by Gasteiger charge is 2.41. The van der Waals surface area contributed by atoms with Crippen LogP contribution in [0.1, 0.15) is 31.0 Å². The number of aromatic amines is 1. The average molecular weight is 613 g/mol. The fourth-order valence-corrected chi connectivity index (χ4v) is 7.90. The largest absolute Gasteiger partial charge is 0.417 e. The zero-order chi connectivity index (χ0) is 30.8. The number of amides is 1. The van der Waals surface area contributed by atoms with E-state index in [0.717, 1.165) is 6.07 Å². The van der Waals surface area contributed by atoms with Gasteiger partial charge in [-0.2, -0.15) is 23.3 Å². The number of nitrogens with one attached hydrogen (secondary N) is 1. The SMILES string of the molecule is C=CC(=O)N1[C@H](C)CN(c2nc(=O)n3c4c(c(-c5c(C)ccc6cn[nH]c56)c(C(F)(F)F)cc24)SCC3COC)C[C@@H]1C. The van der Waals surface area contributed by atoms with Crippen molar-refractivity contribution < 1.29 is 22.7 Å². The standard InChI is InChI=1S/C30H31F3N6O3S/c1-6-22(40)38-16(3)11-37(12-17(38)4)28-20-9-21(30(31,32)33)24(23-15(2)7-8-18-10-34-36-25(18)23)27-26(20)39(29(41)35-28)19(13-42-5)14-43-27/h6-10,16-17,19H,1,11-14H2,2-5H3,(H,34,36)/t16-,17+,19?. The molecular formula is C30H31F3N6O3S. The molecule has 0 saturated carbocycles. The Bertz CT molecular complexity index is 1820. The number of ether oxygens (including phenoxy) is 1. The van der Waals surface area contributed by atoms with Crippen molar-refractivity contribution in [3.8, 4) is 11.1 Å². The summed E-state index contributed by atoms with van der Waals surface area (Å²) in [6.07, 6.45) is -1.88. The molecular weight excluding hydrogens is 581 g/mol. The second-order valence-corrected chi connectivity index (χ2v) is 12.2. The van der Waals surface area contributed by atoms with Crippen molar-refractivity contribution in [3.05, 3.63) is 58.7 Å². The normalized spacial score (nSPS) is 20.7. The van der Waals surface area contributed by atoms with Gasteiger partial charge >= 0.3 is 11.9 Å². The highest BCUT2D eigenvalue weighted by molar-refractivity contribution is 7.99. The van der Waals surface area contributed by atoms with E-state index in [2.05, 4.69) is 21.8 Å². The summed E-state index contributed by atoms with van der Waals surface area (Å²) in [5.74, 6) is 0.282. The van der Waals surface area contributed by atoms with Crippen LogP contribution in [0.5, 0.6) is 0 Å². The van der Waals surface area contributed by atoms with E-state index in [4.69, 9.17) is 4.74 Å². The first-order valence-electron chi connectivity index (χ1n) is 13.9. The number of hydrogen-bond acceptors (Lipinski definition) is 7. The monoisotopic (exact) mass is 612 g/mol. The van der Waals surface area contributed by atoms with Crippen LogP contribution in [-0.4, -0.2) is 75.2 Å². The van der Waals surface area contributed by atoms with Gasteiger partial charge < -0.3 is 14.5 Å². The number of thioether (sulfide) groups is 1. The zero-order valence-electron chi connectivity index (χ0n) is 24.2.